The molecule has 4 N–H and O–H groups in total. The maximum absolute atomic E-state index is 7.00. The molecule has 1 fully saturated rings. The first-order chi connectivity index (χ1) is 17.4. The van der Waals surface area contributed by atoms with E-state index >= 15 is 0 Å². The van der Waals surface area contributed by atoms with Gasteiger partial charge in [-0.1, -0.05) is 54.6 Å². The van der Waals surface area contributed by atoms with Crippen molar-refractivity contribution in [2.24, 2.45) is 0 Å². The molecular weight excluding hydrogens is 694 g/mol. The van der Waals surface area contributed by atoms with Crippen LogP contribution in [0, 0.1) is 31.1 Å². The second kappa shape index (κ2) is 20.4. The molecule has 0 saturated carbocycles. The Morgan fingerprint density at radius 1 is 0.838 bits per heavy atom. The molecule has 1 aliphatic heterocycles. The predicted octanol–water partition coefficient (Wildman–Crippen LogP) is 3.75. The van der Waals surface area contributed by atoms with Gasteiger partial charge in [0, 0.05) is 56.5 Å². The van der Waals surface area contributed by atoms with Crippen molar-refractivity contribution in [1.29, 1.82) is 0 Å². The molecule has 0 bridgehead atoms. The fourth-order valence-corrected chi connectivity index (χ4v) is 4.10. The SMILES string of the molecule is CO.O.[U].c1ccc(-c2ccc(COCCOCCOCc3cccc(C4CCCNC4)c3)cc2)nc1. The Hall–Kier alpha value is -1.60. The third kappa shape index (κ3) is 12.2. The first-order valence-corrected chi connectivity index (χ1v) is 12.4. The zero-order chi connectivity index (χ0) is 24.6. The maximum Gasteiger partial charge on any atom is 0.0718 e. The quantitative estimate of drug-likeness (QED) is 0.275. The molecular formula is C29H40N2O5U. The van der Waals surface area contributed by atoms with E-state index in [0.717, 1.165) is 37.0 Å². The molecule has 1 aromatic heterocycles. The monoisotopic (exact) mass is 734 g/mol. The average molecular weight is 735 g/mol. The van der Waals surface area contributed by atoms with Crippen LogP contribution in [0.25, 0.3) is 11.3 Å². The van der Waals surface area contributed by atoms with Crippen molar-refractivity contribution in [1.82, 2.24) is 10.3 Å². The number of aliphatic hydroxyl groups excluding tert-OH is 1. The zero-order valence-electron chi connectivity index (χ0n) is 21.7. The van der Waals surface area contributed by atoms with E-state index in [0.29, 0.717) is 45.6 Å². The molecule has 2 aromatic carbocycles. The molecule has 200 valence electrons. The molecule has 7 nitrogen and oxygen atoms in total. The molecule has 1 atom stereocenters. The summed E-state index contributed by atoms with van der Waals surface area (Å²) < 4.78 is 17.2. The number of hydrogen-bond donors (Lipinski definition) is 2. The van der Waals surface area contributed by atoms with Gasteiger partial charge in [-0.25, -0.2) is 0 Å². The normalized spacial score (nSPS) is 14.5. The second-order valence-electron chi connectivity index (χ2n) is 8.42. The Bertz CT molecular complexity index is 954. The van der Waals surface area contributed by atoms with Gasteiger partial charge in [0.2, 0.25) is 0 Å². The van der Waals surface area contributed by atoms with Gasteiger partial charge in [-0.3, -0.25) is 4.98 Å². The zero-order valence-corrected chi connectivity index (χ0v) is 25.9. The number of hydrogen-bond acceptors (Lipinski definition) is 6. The molecule has 0 aliphatic carbocycles. The maximum atomic E-state index is 7.00. The molecule has 3 aromatic rings. The number of piperidine rings is 1. The summed E-state index contributed by atoms with van der Waals surface area (Å²) >= 11 is 0. The van der Waals surface area contributed by atoms with E-state index in [2.05, 4.69) is 58.8 Å². The predicted molar refractivity (Wildman–Crippen MR) is 143 cm³/mol. The van der Waals surface area contributed by atoms with Crippen LogP contribution in [0.5, 0.6) is 0 Å². The number of nitrogens with one attached hydrogen (secondary N) is 1. The minimum absolute atomic E-state index is 0. The summed E-state index contributed by atoms with van der Waals surface area (Å²) in [6.45, 7) is 5.73. The van der Waals surface area contributed by atoms with Crippen molar-refractivity contribution >= 4 is 0 Å². The summed E-state index contributed by atoms with van der Waals surface area (Å²) in [7, 11) is 1.00. The molecule has 4 rings (SSSR count). The minimum Gasteiger partial charge on any atom is -0.412 e. The van der Waals surface area contributed by atoms with Crippen molar-refractivity contribution in [3.8, 4) is 11.3 Å². The molecule has 0 spiro atoms. The van der Waals surface area contributed by atoms with Gasteiger partial charge >= 0.3 is 0 Å². The van der Waals surface area contributed by atoms with Gasteiger partial charge in [-0.15, -0.1) is 0 Å². The largest absolute Gasteiger partial charge is 0.412 e. The van der Waals surface area contributed by atoms with Crippen LogP contribution in [0.1, 0.15) is 35.4 Å². The number of benzene rings is 2. The molecule has 1 unspecified atom stereocenters. The van der Waals surface area contributed by atoms with Crippen LogP contribution in [0.2, 0.25) is 0 Å². The fraction of sp³-hybridized carbons (Fsp3) is 0.414. The van der Waals surface area contributed by atoms with E-state index in [4.69, 9.17) is 19.3 Å². The molecule has 1 aliphatic rings. The van der Waals surface area contributed by atoms with E-state index in [1.54, 1.807) is 0 Å². The first kappa shape index (κ1) is 33.4. The number of aliphatic hydroxyl groups is 1. The molecule has 1 saturated heterocycles. The summed E-state index contributed by atoms with van der Waals surface area (Å²) in [4.78, 5) is 4.38. The fourth-order valence-electron chi connectivity index (χ4n) is 4.10. The average Bonchev–Trinajstić information content (AvgIpc) is 2.95. The summed E-state index contributed by atoms with van der Waals surface area (Å²) in [6.07, 6.45) is 4.33. The van der Waals surface area contributed by atoms with Gasteiger partial charge in [0.05, 0.1) is 45.3 Å². The summed E-state index contributed by atoms with van der Waals surface area (Å²) in [5.41, 5.74) is 5.89. The Balaban J connectivity index is 0.00000167. The van der Waals surface area contributed by atoms with Crippen LogP contribution >= 0.6 is 0 Å². The van der Waals surface area contributed by atoms with Crippen LogP contribution < -0.4 is 5.32 Å². The van der Waals surface area contributed by atoms with Crippen LogP contribution in [0.15, 0.2) is 72.9 Å². The number of nitrogens with zero attached hydrogens (tertiary/aromatic N) is 1. The Labute approximate surface area is 244 Å². The van der Waals surface area contributed by atoms with Crippen molar-refractivity contribution in [3.63, 3.8) is 0 Å². The number of ether oxygens (including phenoxy) is 3. The minimum atomic E-state index is 0. The standard InChI is InChI=1S/C28H34N2O3.CH4O.H2O.U/c1-2-14-30-28(8-1)25-11-9-23(10-12-25)21-32-17-15-31-16-18-33-22-24-5-3-6-26(19-24)27-7-4-13-29-20-27;1-2;;/h1-3,5-6,8-12,14,19,27,29H,4,7,13,15-18,20-22H2;2H,1H3;1H2;. The van der Waals surface area contributed by atoms with Crippen molar-refractivity contribution in [3.05, 3.63) is 89.6 Å². The molecule has 8 heteroatoms. The van der Waals surface area contributed by atoms with Gasteiger partial charge in [0.15, 0.2) is 0 Å². The topological polar surface area (TPSA) is 104 Å². The van der Waals surface area contributed by atoms with Gasteiger partial charge in [0.25, 0.3) is 0 Å². The van der Waals surface area contributed by atoms with Crippen LogP contribution in [-0.2, 0) is 27.4 Å². The molecule has 37 heavy (non-hydrogen) atoms. The third-order valence-electron chi connectivity index (χ3n) is 5.92. The second-order valence-corrected chi connectivity index (χ2v) is 8.42. The first-order valence-electron chi connectivity index (χ1n) is 12.4. The van der Waals surface area contributed by atoms with E-state index in [1.807, 2.05) is 24.4 Å². The molecule has 0 radical (unpaired) electrons. The number of rotatable bonds is 12. The van der Waals surface area contributed by atoms with Crippen molar-refractivity contribution in [2.75, 3.05) is 46.6 Å². The van der Waals surface area contributed by atoms with E-state index in [9.17, 15) is 0 Å². The van der Waals surface area contributed by atoms with Gasteiger partial charge in [-0.2, -0.15) is 0 Å². The van der Waals surface area contributed by atoms with Crippen LogP contribution in [0.4, 0.5) is 0 Å². The third-order valence-corrected chi connectivity index (χ3v) is 5.92. The summed E-state index contributed by atoms with van der Waals surface area (Å²) in [5.74, 6) is 0.626. The number of pyridine rings is 1. The van der Waals surface area contributed by atoms with Crippen LogP contribution in [0.3, 0.4) is 0 Å². The molecule has 0 amide bonds. The van der Waals surface area contributed by atoms with Crippen LogP contribution in [-0.4, -0.2) is 62.2 Å². The van der Waals surface area contributed by atoms with E-state index < -0.39 is 0 Å². The Morgan fingerprint density at radius 3 is 2.19 bits per heavy atom. The summed E-state index contributed by atoms with van der Waals surface area (Å²) in [6, 6.07) is 23.1. The molecule has 2 heterocycles. The van der Waals surface area contributed by atoms with Gasteiger partial charge < -0.3 is 30.1 Å². The van der Waals surface area contributed by atoms with Crippen molar-refractivity contribution < 1.29 is 55.9 Å². The summed E-state index contributed by atoms with van der Waals surface area (Å²) in [5, 5.41) is 10.5. The van der Waals surface area contributed by atoms with E-state index in [1.165, 1.54) is 24.0 Å². The van der Waals surface area contributed by atoms with Crippen molar-refractivity contribution in [2.45, 2.75) is 32.0 Å². The Kier molecular flexibility index (Phi) is 18.4. The van der Waals surface area contributed by atoms with Gasteiger partial charge in [0.1, 0.15) is 0 Å². The Morgan fingerprint density at radius 2 is 1.54 bits per heavy atom. The van der Waals surface area contributed by atoms with E-state index in [-0.39, 0.29) is 36.6 Å². The van der Waals surface area contributed by atoms with Gasteiger partial charge in [-0.05, 0) is 54.1 Å². The smallest absolute Gasteiger partial charge is 0.0718 e. The number of aromatic nitrogens is 1.